The minimum Gasteiger partial charge on any atom is -0.460 e. The van der Waals surface area contributed by atoms with Crippen LogP contribution in [0.15, 0.2) is 35.5 Å². The fourth-order valence-corrected chi connectivity index (χ4v) is 2.59. The number of halogens is 1. The predicted octanol–water partition coefficient (Wildman–Crippen LogP) is 2.15. The topological polar surface area (TPSA) is 50.8 Å². The van der Waals surface area contributed by atoms with E-state index in [4.69, 9.17) is 21.7 Å². The molecule has 1 N–H and O–H groups in total. The molecule has 0 aromatic heterocycles. The van der Waals surface area contributed by atoms with Gasteiger partial charge >= 0.3 is 5.97 Å². The lowest BCUT2D eigenvalue weighted by Gasteiger charge is -2.35. The van der Waals surface area contributed by atoms with Gasteiger partial charge in [0.05, 0.1) is 18.2 Å². The summed E-state index contributed by atoms with van der Waals surface area (Å²) in [4.78, 5) is 14.2. The number of ether oxygens (including phenoxy) is 2. The largest absolute Gasteiger partial charge is 0.460 e. The Labute approximate surface area is 140 Å². The highest BCUT2D eigenvalue weighted by atomic mass is 32.1. The number of esters is 1. The Kier molecular flexibility index (Phi) is 5.68. The molecule has 124 valence electrons. The first-order valence-corrected chi connectivity index (χ1v) is 7.53. The van der Waals surface area contributed by atoms with Gasteiger partial charge in [0.25, 0.3) is 0 Å². The molecule has 5 nitrogen and oxygen atoms in total. The van der Waals surface area contributed by atoms with Crippen molar-refractivity contribution in [3.05, 3.63) is 46.9 Å². The quantitative estimate of drug-likeness (QED) is 0.504. The monoisotopic (exact) mass is 338 g/mol. The van der Waals surface area contributed by atoms with Gasteiger partial charge in [-0.15, -0.1) is 0 Å². The molecule has 0 radical (unpaired) electrons. The lowest BCUT2D eigenvalue weighted by atomic mass is 9.95. The fraction of sp³-hybridized carbons (Fsp3) is 0.375. The molecule has 2 rings (SSSR count). The van der Waals surface area contributed by atoms with E-state index in [-0.39, 0.29) is 12.4 Å². The van der Waals surface area contributed by atoms with Crippen LogP contribution < -0.4 is 5.32 Å². The van der Waals surface area contributed by atoms with Crippen LogP contribution in [0.2, 0.25) is 0 Å². The zero-order valence-electron chi connectivity index (χ0n) is 13.3. The van der Waals surface area contributed by atoms with Gasteiger partial charge in [-0.05, 0) is 36.8 Å². The van der Waals surface area contributed by atoms with Crippen molar-refractivity contribution in [2.24, 2.45) is 0 Å². The lowest BCUT2D eigenvalue weighted by molar-refractivity contribution is -0.140. The second-order valence-electron chi connectivity index (χ2n) is 5.12. The Hall–Kier alpha value is -1.99. The molecule has 0 unspecified atom stereocenters. The van der Waals surface area contributed by atoms with Crippen molar-refractivity contribution in [3.8, 4) is 0 Å². The molecule has 1 aliphatic heterocycles. The molecule has 0 fully saturated rings. The third-order valence-corrected chi connectivity index (χ3v) is 4.07. The van der Waals surface area contributed by atoms with Crippen LogP contribution >= 0.6 is 12.2 Å². The summed E-state index contributed by atoms with van der Waals surface area (Å²) >= 11 is 5.28. The maximum Gasteiger partial charge on any atom is 0.338 e. The Morgan fingerprint density at radius 2 is 2.17 bits per heavy atom. The smallest absolute Gasteiger partial charge is 0.338 e. The highest BCUT2D eigenvalue weighted by Crippen LogP contribution is 2.30. The van der Waals surface area contributed by atoms with Gasteiger partial charge in [0.2, 0.25) is 0 Å². The Balaban J connectivity index is 2.38. The van der Waals surface area contributed by atoms with Gasteiger partial charge in [0, 0.05) is 19.9 Å². The molecule has 0 aliphatic carbocycles. The summed E-state index contributed by atoms with van der Waals surface area (Å²) < 4.78 is 23.7. The number of carbonyl (C=O) groups excluding carboxylic acids is 1. The first-order chi connectivity index (χ1) is 11.0. The van der Waals surface area contributed by atoms with Crippen molar-refractivity contribution in [3.63, 3.8) is 0 Å². The molecular weight excluding hydrogens is 319 g/mol. The number of benzene rings is 1. The first-order valence-electron chi connectivity index (χ1n) is 7.12. The van der Waals surface area contributed by atoms with Gasteiger partial charge in [-0.2, -0.15) is 0 Å². The van der Waals surface area contributed by atoms with Crippen LogP contribution in [0.4, 0.5) is 4.39 Å². The van der Waals surface area contributed by atoms with E-state index >= 15 is 0 Å². The first kappa shape index (κ1) is 17.4. The lowest BCUT2D eigenvalue weighted by Crippen LogP contribution is -2.46. The van der Waals surface area contributed by atoms with Crippen LogP contribution in [0.3, 0.4) is 0 Å². The minimum absolute atomic E-state index is 0.149. The number of nitrogens with zero attached hydrogens (tertiary/aromatic N) is 1. The van der Waals surface area contributed by atoms with Crippen molar-refractivity contribution in [1.82, 2.24) is 10.2 Å². The summed E-state index contributed by atoms with van der Waals surface area (Å²) in [7, 11) is 3.29. The number of rotatable bonds is 5. The summed E-state index contributed by atoms with van der Waals surface area (Å²) in [5.41, 5.74) is 1.69. The standard InChI is InChI=1S/C16H19FN2O3S/c1-10-13(15(20)22-8-7-21-3)14(18-16(23)19(10)2)11-5-4-6-12(17)9-11/h4-6,9,14H,7-8H2,1-3H3,(H,18,23)/t14-/m1/s1. The highest BCUT2D eigenvalue weighted by molar-refractivity contribution is 7.80. The molecule has 1 heterocycles. The summed E-state index contributed by atoms with van der Waals surface area (Å²) in [5.74, 6) is -0.852. The third-order valence-electron chi connectivity index (χ3n) is 3.68. The number of carbonyl (C=O) groups is 1. The average Bonchev–Trinajstić information content (AvgIpc) is 2.52. The summed E-state index contributed by atoms with van der Waals surface area (Å²) in [5, 5.41) is 3.53. The summed E-state index contributed by atoms with van der Waals surface area (Å²) in [6, 6.07) is 5.51. The van der Waals surface area contributed by atoms with Gasteiger partial charge in [0.1, 0.15) is 12.4 Å². The number of nitrogens with one attached hydrogen (secondary N) is 1. The van der Waals surface area contributed by atoms with Crippen molar-refractivity contribution in [2.75, 3.05) is 27.4 Å². The minimum atomic E-state index is -0.551. The third kappa shape index (κ3) is 3.86. The van der Waals surface area contributed by atoms with E-state index in [1.165, 1.54) is 19.2 Å². The van der Waals surface area contributed by atoms with Crippen LogP contribution in [0, 0.1) is 5.82 Å². The highest BCUT2D eigenvalue weighted by Gasteiger charge is 2.33. The molecule has 0 saturated carbocycles. The normalized spacial score (nSPS) is 18.0. The van der Waals surface area contributed by atoms with E-state index in [0.29, 0.717) is 28.6 Å². The van der Waals surface area contributed by atoms with Crippen LogP contribution in [0.25, 0.3) is 0 Å². The fourth-order valence-electron chi connectivity index (χ4n) is 2.33. The van der Waals surface area contributed by atoms with Crippen LogP contribution in [0.1, 0.15) is 18.5 Å². The van der Waals surface area contributed by atoms with Crippen LogP contribution in [-0.4, -0.2) is 43.4 Å². The number of thiocarbonyl (C=S) groups is 1. The Morgan fingerprint density at radius 3 is 2.83 bits per heavy atom. The van der Waals surface area contributed by atoms with Crippen molar-refractivity contribution >= 4 is 23.3 Å². The van der Waals surface area contributed by atoms with E-state index in [2.05, 4.69) is 5.32 Å². The molecule has 0 spiro atoms. The predicted molar refractivity (Wildman–Crippen MR) is 88.2 cm³/mol. The number of hydrogen-bond acceptors (Lipinski definition) is 4. The van der Waals surface area contributed by atoms with Crippen LogP contribution in [0.5, 0.6) is 0 Å². The van der Waals surface area contributed by atoms with Crippen molar-refractivity contribution < 1.29 is 18.7 Å². The molecule has 7 heteroatoms. The average molecular weight is 338 g/mol. The molecule has 23 heavy (non-hydrogen) atoms. The second-order valence-corrected chi connectivity index (χ2v) is 5.51. The maximum absolute atomic E-state index is 13.5. The van der Waals surface area contributed by atoms with Crippen molar-refractivity contribution in [1.29, 1.82) is 0 Å². The van der Waals surface area contributed by atoms with E-state index in [1.54, 1.807) is 31.0 Å². The van der Waals surface area contributed by atoms with Gasteiger partial charge in [0.15, 0.2) is 5.11 Å². The summed E-state index contributed by atoms with van der Waals surface area (Å²) in [6.07, 6.45) is 0. The SMILES string of the molecule is COCCOC(=O)C1=C(C)N(C)C(=S)N[C@@H]1c1cccc(F)c1. The van der Waals surface area contributed by atoms with E-state index in [0.717, 1.165) is 0 Å². The van der Waals surface area contributed by atoms with E-state index < -0.39 is 12.0 Å². The van der Waals surface area contributed by atoms with Gasteiger partial charge in [-0.25, -0.2) is 9.18 Å². The molecule has 0 bridgehead atoms. The summed E-state index contributed by atoms with van der Waals surface area (Å²) in [6.45, 7) is 2.24. The maximum atomic E-state index is 13.5. The molecule has 0 saturated heterocycles. The van der Waals surface area contributed by atoms with E-state index in [9.17, 15) is 9.18 Å². The van der Waals surface area contributed by atoms with Gasteiger partial charge < -0.3 is 19.7 Å². The molecular formula is C16H19FN2O3S. The zero-order chi connectivity index (χ0) is 17.0. The number of allylic oxidation sites excluding steroid dienone is 1. The molecule has 1 aliphatic rings. The molecule has 1 aromatic rings. The molecule has 1 atom stereocenters. The van der Waals surface area contributed by atoms with E-state index in [1.807, 2.05) is 0 Å². The van der Waals surface area contributed by atoms with Crippen molar-refractivity contribution in [2.45, 2.75) is 13.0 Å². The van der Waals surface area contributed by atoms with Crippen LogP contribution in [-0.2, 0) is 14.3 Å². The Morgan fingerprint density at radius 1 is 1.43 bits per heavy atom. The van der Waals surface area contributed by atoms with Gasteiger partial charge in [-0.3, -0.25) is 0 Å². The number of methoxy groups -OCH3 is 1. The molecule has 0 amide bonds. The second kappa shape index (κ2) is 7.52. The Bertz CT molecular complexity index is 648. The van der Waals surface area contributed by atoms with Gasteiger partial charge in [-0.1, -0.05) is 12.1 Å². The molecule has 1 aromatic carbocycles. The zero-order valence-corrected chi connectivity index (χ0v) is 14.1. The number of hydrogen-bond donors (Lipinski definition) is 1.